The van der Waals surface area contributed by atoms with Crippen LogP contribution in [0.1, 0.15) is 22.2 Å². The third-order valence-corrected chi connectivity index (χ3v) is 3.05. The van der Waals surface area contributed by atoms with Crippen molar-refractivity contribution in [2.75, 3.05) is 13.7 Å². The van der Waals surface area contributed by atoms with E-state index in [-0.39, 0.29) is 5.69 Å². The van der Waals surface area contributed by atoms with Gasteiger partial charge in [-0.05, 0) is 17.7 Å². The molecule has 104 valence electrons. The molecule has 3 N–H and O–H groups in total. The van der Waals surface area contributed by atoms with Crippen molar-refractivity contribution in [3.63, 3.8) is 0 Å². The van der Waals surface area contributed by atoms with Gasteiger partial charge in [-0.3, -0.25) is 0 Å². The number of methoxy groups -OCH3 is 1. The molecule has 1 aliphatic heterocycles. The van der Waals surface area contributed by atoms with Crippen molar-refractivity contribution >= 4 is 5.97 Å². The Bertz CT molecular complexity index is 465. The van der Waals surface area contributed by atoms with Crippen LogP contribution in [0.4, 0.5) is 0 Å². The van der Waals surface area contributed by atoms with Gasteiger partial charge in [0.15, 0.2) is 0 Å². The standard InChI is InChI=1S/C12H15NO6/c1-18-12(17)7-4-6(2-3-13-7)11-10(16)9(15)8(5-14)19-11/h2-4,8-11,14-16H,5H2,1H3/t8-,9-,10-,11-/m1/s1. The van der Waals surface area contributed by atoms with E-state index < -0.39 is 37.0 Å². The fourth-order valence-electron chi connectivity index (χ4n) is 2.02. The first-order valence-corrected chi connectivity index (χ1v) is 5.75. The van der Waals surface area contributed by atoms with Crippen molar-refractivity contribution in [1.82, 2.24) is 4.98 Å². The molecule has 0 radical (unpaired) electrons. The highest BCUT2D eigenvalue weighted by Crippen LogP contribution is 2.33. The Balaban J connectivity index is 2.25. The zero-order valence-corrected chi connectivity index (χ0v) is 10.3. The van der Waals surface area contributed by atoms with Gasteiger partial charge in [-0.15, -0.1) is 0 Å². The Morgan fingerprint density at radius 2 is 2.21 bits per heavy atom. The molecule has 0 aliphatic carbocycles. The third-order valence-electron chi connectivity index (χ3n) is 3.05. The van der Waals surface area contributed by atoms with E-state index in [0.717, 1.165) is 0 Å². The molecule has 2 heterocycles. The fourth-order valence-corrected chi connectivity index (χ4v) is 2.02. The number of pyridine rings is 1. The van der Waals surface area contributed by atoms with Crippen molar-refractivity contribution in [2.45, 2.75) is 24.4 Å². The number of aliphatic hydroxyl groups excluding tert-OH is 3. The molecule has 0 aromatic carbocycles. The minimum atomic E-state index is -1.18. The van der Waals surface area contributed by atoms with Gasteiger partial charge < -0.3 is 24.8 Å². The number of rotatable bonds is 3. The van der Waals surface area contributed by atoms with E-state index in [9.17, 15) is 15.0 Å². The van der Waals surface area contributed by atoms with Crippen LogP contribution in [0.25, 0.3) is 0 Å². The van der Waals surface area contributed by atoms with Crippen LogP contribution in [0.5, 0.6) is 0 Å². The average molecular weight is 269 g/mol. The summed E-state index contributed by atoms with van der Waals surface area (Å²) in [5.41, 5.74) is 0.565. The van der Waals surface area contributed by atoms with Gasteiger partial charge in [0, 0.05) is 6.20 Å². The van der Waals surface area contributed by atoms with Crippen LogP contribution in [0.15, 0.2) is 18.3 Å². The highest BCUT2D eigenvalue weighted by atomic mass is 16.6. The molecule has 0 spiro atoms. The average Bonchev–Trinajstić information content (AvgIpc) is 2.74. The summed E-state index contributed by atoms with van der Waals surface area (Å²) < 4.78 is 9.91. The minimum Gasteiger partial charge on any atom is -0.464 e. The molecule has 2 rings (SSSR count). The van der Waals surface area contributed by atoms with Gasteiger partial charge >= 0.3 is 5.97 Å². The van der Waals surface area contributed by atoms with Crippen LogP contribution in [0, 0.1) is 0 Å². The number of carbonyl (C=O) groups is 1. The van der Waals surface area contributed by atoms with E-state index in [4.69, 9.17) is 9.84 Å². The number of aromatic nitrogens is 1. The van der Waals surface area contributed by atoms with E-state index in [0.29, 0.717) is 5.56 Å². The van der Waals surface area contributed by atoms with Crippen molar-refractivity contribution in [2.24, 2.45) is 0 Å². The lowest BCUT2D eigenvalue weighted by Gasteiger charge is -2.15. The van der Waals surface area contributed by atoms with Crippen LogP contribution >= 0.6 is 0 Å². The number of ether oxygens (including phenoxy) is 2. The molecule has 19 heavy (non-hydrogen) atoms. The van der Waals surface area contributed by atoms with E-state index in [2.05, 4.69) is 9.72 Å². The quantitative estimate of drug-likeness (QED) is 0.605. The maximum Gasteiger partial charge on any atom is 0.356 e. The largest absolute Gasteiger partial charge is 0.464 e. The predicted octanol–water partition coefficient (Wildman–Crippen LogP) is -0.978. The van der Waals surface area contributed by atoms with E-state index in [1.165, 1.54) is 19.4 Å². The molecule has 0 amide bonds. The molecule has 1 saturated heterocycles. The molecule has 0 bridgehead atoms. The molecule has 1 aromatic rings. The Labute approximate surface area is 109 Å². The molecule has 0 unspecified atom stereocenters. The van der Waals surface area contributed by atoms with Crippen LogP contribution in [0.3, 0.4) is 0 Å². The summed E-state index contributed by atoms with van der Waals surface area (Å²) in [5, 5.41) is 28.6. The zero-order chi connectivity index (χ0) is 14.0. The van der Waals surface area contributed by atoms with Gasteiger partial charge in [-0.1, -0.05) is 0 Å². The summed E-state index contributed by atoms with van der Waals surface area (Å²) in [6, 6.07) is 2.99. The van der Waals surface area contributed by atoms with Crippen molar-refractivity contribution < 1.29 is 29.6 Å². The highest BCUT2D eigenvalue weighted by Gasteiger charge is 2.43. The summed E-state index contributed by atoms with van der Waals surface area (Å²) in [5.74, 6) is -0.603. The van der Waals surface area contributed by atoms with Gasteiger partial charge in [0.25, 0.3) is 0 Å². The van der Waals surface area contributed by atoms with Gasteiger partial charge in [0.2, 0.25) is 0 Å². The molecule has 0 saturated carbocycles. The summed E-state index contributed by atoms with van der Waals surface area (Å²) in [7, 11) is 1.24. The molecule has 1 aliphatic rings. The zero-order valence-electron chi connectivity index (χ0n) is 10.3. The van der Waals surface area contributed by atoms with Gasteiger partial charge in [-0.2, -0.15) is 0 Å². The lowest BCUT2D eigenvalue weighted by Crippen LogP contribution is -2.32. The maximum atomic E-state index is 11.4. The fraction of sp³-hybridized carbons (Fsp3) is 0.500. The predicted molar refractivity (Wildman–Crippen MR) is 62.3 cm³/mol. The van der Waals surface area contributed by atoms with Crippen LogP contribution < -0.4 is 0 Å². The normalized spacial score (nSPS) is 30.3. The molecule has 4 atom stereocenters. The summed E-state index contributed by atoms with van der Waals surface area (Å²) in [6.07, 6.45) is -2.64. The molecule has 1 fully saturated rings. The molecular formula is C12H15NO6. The maximum absolute atomic E-state index is 11.4. The van der Waals surface area contributed by atoms with Crippen molar-refractivity contribution in [3.05, 3.63) is 29.6 Å². The minimum absolute atomic E-state index is 0.0812. The van der Waals surface area contributed by atoms with E-state index in [1.54, 1.807) is 6.07 Å². The molecular weight excluding hydrogens is 254 g/mol. The van der Waals surface area contributed by atoms with Gasteiger partial charge in [-0.25, -0.2) is 9.78 Å². The number of hydrogen-bond acceptors (Lipinski definition) is 7. The summed E-state index contributed by atoms with van der Waals surface area (Å²) >= 11 is 0. The first kappa shape index (κ1) is 13.9. The highest BCUT2D eigenvalue weighted by molar-refractivity contribution is 5.87. The first-order chi connectivity index (χ1) is 9.08. The molecule has 1 aromatic heterocycles. The lowest BCUT2D eigenvalue weighted by atomic mass is 10.0. The van der Waals surface area contributed by atoms with E-state index in [1.807, 2.05) is 0 Å². The van der Waals surface area contributed by atoms with Crippen LogP contribution in [-0.2, 0) is 9.47 Å². The number of carbonyl (C=O) groups excluding carboxylic acids is 1. The number of hydrogen-bond donors (Lipinski definition) is 3. The topological polar surface area (TPSA) is 109 Å². The third kappa shape index (κ3) is 2.59. The Morgan fingerprint density at radius 1 is 1.47 bits per heavy atom. The Kier molecular flexibility index (Phi) is 4.11. The smallest absolute Gasteiger partial charge is 0.356 e. The summed E-state index contributed by atoms with van der Waals surface area (Å²) in [6.45, 7) is -0.399. The van der Waals surface area contributed by atoms with Crippen molar-refractivity contribution in [1.29, 1.82) is 0 Å². The van der Waals surface area contributed by atoms with Crippen molar-refractivity contribution in [3.8, 4) is 0 Å². The monoisotopic (exact) mass is 269 g/mol. The second kappa shape index (κ2) is 5.62. The second-order valence-corrected chi connectivity index (χ2v) is 4.22. The van der Waals surface area contributed by atoms with Crippen LogP contribution in [0.2, 0.25) is 0 Å². The van der Waals surface area contributed by atoms with Crippen LogP contribution in [-0.4, -0.2) is 58.3 Å². The lowest BCUT2D eigenvalue weighted by molar-refractivity contribution is -0.0228. The summed E-state index contributed by atoms with van der Waals surface area (Å²) in [4.78, 5) is 15.2. The SMILES string of the molecule is COC(=O)c1cc([C@H]2O[C@H](CO)[C@@H](O)[C@H]2O)ccn1. The van der Waals surface area contributed by atoms with E-state index >= 15 is 0 Å². The number of esters is 1. The number of aliphatic hydroxyl groups is 3. The Morgan fingerprint density at radius 3 is 2.79 bits per heavy atom. The molecule has 7 heteroatoms. The van der Waals surface area contributed by atoms with Gasteiger partial charge in [0.1, 0.15) is 30.1 Å². The molecule has 7 nitrogen and oxygen atoms in total. The van der Waals surface area contributed by atoms with Gasteiger partial charge in [0.05, 0.1) is 13.7 Å². The number of nitrogens with zero attached hydrogens (tertiary/aromatic N) is 1. The Hall–Kier alpha value is -1.54. The second-order valence-electron chi connectivity index (χ2n) is 4.22. The first-order valence-electron chi connectivity index (χ1n) is 5.75.